The van der Waals surface area contributed by atoms with E-state index in [9.17, 15) is 9.59 Å². The van der Waals surface area contributed by atoms with Crippen LogP contribution in [0.2, 0.25) is 5.02 Å². The summed E-state index contributed by atoms with van der Waals surface area (Å²) in [6.45, 7) is 9.18. The van der Waals surface area contributed by atoms with Gasteiger partial charge in [-0.25, -0.2) is 4.79 Å². The topological polar surface area (TPSA) is 59.1 Å². The van der Waals surface area contributed by atoms with Gasteiger partial charge in [-0.3, -0.25) is 4.79 Å². The summed E-state index contributed by atoms with van der Waals surface area (Å²) in [6, 6.07) is 3.97. The van der Waals surface area contributed by atoms with Crippen molar-refractivity contribution in [3.05, 3.63) is 33.8 Å². The van der Waals surface area contributed by atoms with E-state index in [0.717, 1.165) is 56.4 Å². The Balaban J connectivity index is 1.51. The average Bonchev–Trinajstić information content (AvgIpc) is 3.22. The van der Waals surface area contributed by atoms with E-state index in [0.29, 0.717) is 37.0 Å². The molecule has 32 heavy (non-hydrogen) atoms. The van der Waals surface area contributed by atoms with E-state index in [1.54, 1.807) is 0 Å². The fourth-order valence-electron chi connectivity index (χ4n) is 5.16. The first-order valence-electron chi connectivity index (χ1n) is 11.9. The molecule has 176 valence electrons. The van der Waals surface area contributed by atoms with E-state index >= 15 is 0 Å². The summed E-state index contributed by atoms with van der Waals surface area (Å²) in [4.78, 5) is 29.6. The van der Waals surface area contributed by atoms with Crippen molar-refractivity contribution in [3.8, 4) is 0 Å². The average molecular weight is 463 g/mol. The molecule has 0 aliphatic carbocycles. The first-order chi connectivity index (χ1) is 15.2. The van der Waals surface area contributed by atoms with E-state index in [2.05, 4.69) is 0 Å². The fraction of sp³-hybridized carbons (Fsp3) is 0.680. The molecule has 2 fully saturated rings. The van der Waals surface area contributed by atoms with Crippen LogP contribution in [0.1, 0.15) is 75.6 Å². The molecule has 0 radical (unpaired) electrons. The number of hydrogen-bond acceptors (Lipinski definition) is 4. The van der Waals surface area contributed by atoms with Crippen molar-refractivity contribution in [1.29, 1.82) is 0 Å². The zero-order chi connectivity index (χ0) is 22.9. The van der Waals surface area contributed by atoms with Crippen LogP contribution in [0.4, 0.5) is 4.79 Å². The summed E-state index contributed by atoms with van der Waals surface area (Å²) < 4.78 is 11.1. The predicted octanol–water partition coefficient (Wildman–Crippen LogP) is 5.11. The summed E-state index contributed by atoms with van der Waals surface area (Å²) in [6.07, 6.45) is 4.90. The molecule has 3 aliphatic heterocycles. The summed E-state index contributed by atoms with van der Waals surface area (Å²) in [5.74, 6) is 0.647. The predicted molar refractivity (Wildman–Crippen MR) is 124 cm³/mol. The van der Waals surface area contributed by atoms with Crippen LogP contribution < -0.4 is 0 Å². The maximum atomic E-state index is 13.0. The molecule has 2 amide bonds. The molecule has 1 aromatic carbocycles. The fourth-order valence-corrected chi connectivity index (χ4v) is 5.41. The minimum atomic E-state index is -0.524. The van der Waals surface area contributed by atoms with E-state index < -0.39 is 5.60 Å². The minimum absolute atomic E-state index is 0.0261. The van der Waals surface area contributed by atoms with Crippen molar-refractivity contribution in [2.75, 3.05) is 26.3 Å². The lowest BCUT2D eigenvalue weighted by molar-refractivity contribution is -0.133. The summed E-state index contributed by atoms with van der Waals surface area (Å²) >= 11 is 6.52. The van der Waals surface area contributed by atoms with Gasteiger partial charge in [-0.1, -0.05) is 11.6 Å². The van der Waals surface area contributed by atoms with Gasteiger partial charge in [0.05, 0.1) is 6.04 Å². The second kappa shape index (κ2) is 9.60. The molecule has 0 bridgehead atoms. The Morgan fingerprint density at radius 2 is 1.91 bits per heavy atom. The van der Waals surface area contributed by atoms with Gasteiger partial charge in [-0.15, -0.1) is 0 Å². The largest absolute Gasteiger partial charge is 0.444 e. The zero-order valence-corrected chi connectivity index (χ0v) is 20.2. The molecule has 6 nitrogen and oxygen atoms in total. The Bertz CT molecular complexity index is 860. The van der Waals surface area contributed by atoms with Crippen molar-refractivity contribution >= 4 is 23.6 Å². The molecule has 4 rings (SSSR count). The second-order valence-electron chi connectivity index (χ2n) is 10.3. The van der Waals surface area contributed by atoms with Crippen LogP contribution in [-0.4, -0.2) is 53.7 Å². The van der Waals surface area contributed by atoms with Crippen molar-refractivity contribution < 1.29 is 19.1 Å². The number of ether oxygens (including phenoxy) is 2. The smallest absolute Gasteiger partial charge is 0.410 e. The first-order valence-corrected chi connectivity index (χ1v) is 12.3. The quantitative estimate of drug-likeness (QED) is 0.626. The highest BCUT2D eigenvalue weighted by Crippen LogP contribution is 2.39. The van der Waals surface area contributed by atoms with Crippen molar-refractivity contribution in [3.63, 3.8) is 0 Å². The number of hydrogen-bond donors (Lipinski definition) is 0. The first kappa shape index (κ1) is 23.4. The van der Waals surface area contributed by atoms with Crippen LogP contribution in [0, 0.1) is 5.92 Å². The van der Waals surface area contributed by atoms with E-state index in [4.69, 9.17) is 21.1 Å². The Labute approximate surface area is 196 Å². The molecular weight excluding hydrogens is 428 g/mol. The van der Waals surface area contributed by atoms with Crippen LogP contribution in [0.25, 0.3) is 0 Å². The number of carbonyl (C=O) groups is 2. The number of benzene rings is 1. The second-order valence-corrected chi connectivity index (χ2v) is 10.7. The number of likely N-dealkylation sites (tertiary alicyclic amines) is 1. The zero-order valence-electron chi connectivity index (χ0n) is 19.5. The number of nitrogens with zero attached hydrogens (tertiary/aromatic N) is 2. The molecule has 3 heterocycles. The maximum absolute atomic E-state index is 13.0. The Morgan fingerprint density at radius 1 is 1.16 bits per heavy atom. The Hall–Kier alpha value is -1.79. The van der Waals surface area contributed by atoms with Crippen molar-refractivity contribution in [2.45, 2.75) is 77.5 Å². The van der Waals surface area contributed by atoms with Crippen LogP contribution in [-0.2, 0) is 27.2 Å². The maximum Gasteiger partial charge on any atom is 0.410 e. The van der Waals surface area contributed by atoms with Gasteiger partial charge < -0.3 is 19.3 Å². The highest BCUT2D eigenvalue weighted by Gasteiger charge is 2.36. The van der Waals surface area contributed by atoms with Gasteiger partial charge >= 0.3 is 6.09 Å². The van der Waals surface area contributed by atoms with Crippen molar-refractivity contribution in [1.82, 2.24) is 9.80 Å². The van der Waals surface area contributed by atoms with Gasteiger partial charge in [0.15, 0.2) is 0 Å². The van der Waals surface area contributed by atoms with Gasteiger partial charge in [-0.05, 0) is 87.6 Å². The minimum Gasteiger partial charge on any atom is -0.444 e. The van der Waals surface area contributed by atoms with E-state index in [-0.39, 0.29) is 18.0 Å². The summed E-state index contributed by atoms with van der Waals surface area (Å²) in [7, 11) is 0. The third-order valence-corrected chi connectivity index (χ3v) is 6.95. The molecule has 1 aromatic rings. The molecule has 1 atom stereocenters. The Morgan fingerprint density at radius 3 is 2.62 bits per heavy atom. The lowest BCUT2D eigenvalue weighted by atomic mass is 9.89. The molecule has 3 aliphatic rings. The Kier molecular flexibility index (Phi) is 7.01. The number of carbonyl (C=O) groups excluding carboxylic acids is 2. The van der Waals surface area contributed by atoms with Crippen LogP contribution in [0.3, 0.4) is 0 Å². The van der Waals surface area contributed by atoms with Gasteiger partial charge in [0.1, 0.15) is 5.60 Å². The lowest BCUT2D eigenvalue weighted by Crippen LogP contribution is -2.39. The lowest BCUT2D eigenvalue weighted by Gasteiger charge is -2.35. The summed E-state index contributed by atoms with van der Waals surface area (Å²) in [5, 5.41) is 0.661. The van der Waals surface area contributed by atoms with Gasteiger partial charge in [0.25, 0.3) is 0 Å². The third kappa shape index (κ3) is 5.40. The molecule has 1 unspecified atom stereocenters. The summed E-state index contributed by atoms with van der Waals surface area (Å²) in [5.41, 5.74) is 2.94. The molecule has 0 N–H and O–H groups in total. The van der Waals surface area contributed by atoms with E-state index in [1.165, 1.54) is 5.56 Å². The molecule has 2 saturated heterocycles. The molecule has 7 heteroatoms. The van der Waals surface area contributed by atoms with Crippen molar-refractivity contribution in [2.24, 2.45) is 5.92 Å². The van der Waals surface area contributed by atoms with Gasteiger partial charge in [-0.2, -0.15) is 0 Å². The van der Waals surface area contributed by atoms with Crippen LogP contribution in [0.15, 0.2) is 12.1 Å². The standard InChI is InChI=1S/C25H35ClN2O4/c1-25(2,3)32-24(30)28-9-4-5-22(28)21-15-19(26)14-18-16-27(10-6-20(18)21)23(29)13-17-7-11-31-12-8-17/h14-15,17,22H,4-13,16H2,1-3H3. The third-order valence-electron chi connectivity index (χ3n) is 6.73. The highest BCUT2D eigenvalue weighted by molar-refractivity contribution is 6.30. The van der Waals surface area contributed by atoms with Gasteiger partial charge in [0, 0.05) is 44.3 Å². The van der Waals surface area contributed by atoms with E-state index in [1.807, 2.05) is 42.7 Å². The van der Waals surface area contributed by atoms with Gasteiger partial charge in [0.2, 0.25) is 5.91 Å². The molecule has 0 aromatic heterocycles. The monoisotopic (exact) mass is 462 g/mol. The number of rotatable bonds is 3. The molecule has 0 spiro atoms. The SMILES string of the molecule is CC(C)(C)OC(=O)N1CCCC1c1cc(Cl)cc2c1CCN(C(=O)CC1CCOCC1)C2. The molecule has 0 saturated carbocycles. The number of fused-ring (bicyclic) bond motifs is 1. The highest BCUT2D eigenvalue weighted by atomic mass is 35.5. The number of amides is 2. The molecular formula is C25H35ClN2O4. The van der Waals surface area contributed by atoms with Crippen LogP contribution in [0.5, 0.6) is 0 Å². The normalized spacial score (nSPS) is 22.1. The number of halogens is 1. The van der Waals surface area contributed by atoms with Crippen LogP contribution >= 0.6 is 11.6 Å².